The molecule has 1 aromatic carbocycles. The Morgan fingerprint density at radius 1 is 1.32 bits per heavy atom. The standard InChI is InChI=1S/C18H21FN4O2/c1-25-16-8-11(5-6-14(16)19)15-9-17(22-10-21-15)23-18(24)12-3-2-4-13(20)7-12/h5-6,8-10,12-13H,2-4,7,20H2,1H3,(H,21,22,23,24). The maximum atomic E-state index is 13.5. The average Bonchev–Trinajstić information content (AvgIpc) is 2.62. The lowest BCUT2D eigenvalue weighted by atomic mass is 9.85. The van der Waals surface area contributed by atoms with E-state index in [1.807, 2.05) is 0 Å². The monoisotopic (exact) mass is 344 g/mol. The lowest BCUT2D eigenvalue weighted by Gasteiger charge is -2.25. The number of carbonyl (C=O) groups excluding carboxylic acids is 1. The van der Waals surface area contributed by atoms with Crippen LogP contribution in [0.2, 0.25) is 0 Å². The van der Waals surface area contributed by atoms with Gasteiger partial charge in [-0.2, -0.15) is 0 Å². The van der Waals surface area contributed by atoms with Gasteiger partial charge in [0.25, 0.3) is 0 Å². The number of methoxy groups -OCH3 is 1. The van der Waals surface area contributed by atoms with Crippen LogP contribution in [0.1, 0.15) is 25.7 Å². The van der Waals surface area contributed by atoms with Crippen LogP contribution in [0, 0.1) is 11.7 Å². The molecule has 2 aromatic rings. The van der Waals surface area contributed by atoms with E-state index in [0.717, 1.165) is 19.3 Å². The highest BCUT2D eigenvalue weighted by Gasteiger charge is 2.25. The molecule has 132 valence electrons. The van der Waals surface area contributed by atoms with Gasteiger partial charge in [0.2, 0.25) is 5.91 Å². The second-order valence-corrected chi connectivity index (χ2v) is 6.25. The normalized spacial score (nSPS) is 20.1. The molecular weight excluding hydrogens is 323 g/mol. The molecule has 0 bridgehead atoms. The van der Waals surface area contributed by atoms with E-state index >= 15 is 0 Å². The number of amides is 1. The van der Waals surface area contributed by atoms with Crippen molar-refractivity contribution >= 4 is 11.7 Å². The third kappa shape index (κ3) is 4.11. The van der Waals surface area contributed by atoms with Gasteiger partial charge >= 0.3 is 0 Å². The van der Waals surface area contributed by atoms with E-state index in [0.29, 0.717) is 23.5 Å². The SMILES string of the molecule is COc1cc(-c2cc(NC(=O)C3CCCC(N)C3)ncn2)ccc1F. The Labute approximate surface area is 145 Å². The Hall–Kier alpha value is -2.54. The predicted octanol–water partition coefficient (Wildman–Crippen LogP) is 2.75. The minimum absolute atomic E-state index is 0.0727. The van der Waals surface area contributed by atoms with E-state index in [2.05, 4.69) is 15.3 Å². The van der Waals surface area contributed by atoms with Crippen LogP contribution in [-0.4, -0.2) is 29.0 Å². The molecule has 1 aliphatic rings. The summed E-state index contributed by atoms with van der Waals surface area (Å²) >= 11 is 0. The van der Waals surface area contributed by atoms with Gasteiger partial charge in [-0.25, -0.2) is 14.4 Å². The minimum Gasteiger partial charge on any atom is -0.494 e. The van der Waals surface area contributed by atoms with Gasteiger partial charge in [-0.05, 0) is 37.5 Å². The van der Waals surface area contributed by atoms with Crippen molar-refractivity contribution in [2.75, 3.05) is 12.4 Å². The number of hydrogen-bond acceptors (Lipinski definition) is 5. The first kappa shape index (κ1) is 17.3. The highest BCUT2D eigenvalue weighted by Crippen LogP contribution is 2.27. The number of nitrogens with one attached hydrogen (secondary N) is 1. The summed E-state index contributed by atoms with van der Waals surface area (Å²) in [5.41, 5.74) is 7.20. The summed E-state index contributed by atoms with van der Waals surface area (Å²) in [4.78, 5) is 20.7. The van der Waals surface area contributed by atoms with Crippen LogP contribution >= 0.6 is 0 Å². The molecule has 1 heterocycles. The molecule has 6 nitrogen and oxygen atoms in total. The number of rotatable bonds is 4. The number of aromatic nitrogens is 2. The molecule has 1 fully saturated rings. The van der Waals surface area contributed by atoms with Gasteiger partial charge in [0.05, 0.1) is 12.8 Å². The first-order chi connectivity index (χ1) is 12.1. The molecule has 1 amide bonds. The Morgan fingerprint density at radius 3 is 2.92 bits per heavy atom. The fraction of sp³-hybridized carbons (Fsp3) is 0.389. The topological polar surface area (TPSA) is 90.1 Å². The third-order valence-electron chi connectivity index (χ3n) is 4.45. The molecule has 0 spiro atoms. The molecule has 3 rings (SSSR count). The molecule has 3 N–H and O–H groups in total. The van der Waals surface area contributed by atoms with Crippen molar-refractivity contribution in [3.63, 3.8) is 0 Å². The summed E-state index contributed by atoms with van der Waals surface area (Å²) in [6, 6.07) is 6.22. The van der Waals surface area contributed by atoms with Crippen molar-refractivity contribution in [3.8, 4) is 17.0 Å². The summed E-state index contributed by atoms with van der Waals surface area (Å²) < 4.78 is 18.5. The smallest absolute Gasteiger partial charge is 0.228 e. The fourth-order valence-corrected chi connectivity index (χ4v) is 3.10. The Balaban J connectivity index is 1.76. The van der Waals surface area contributed by atoms with Gasteiger partial charge in [0.1, 0.15) is 12.1 Å². The van der Waals surface area contributed by atoms with E-state index in [4.69, 9.17) is 10.5 Å². The quantitative estimate of drug-likeness (QED) is 0.890. The maximum absolute atomic E-state index is 13.5. The van der Waals surface area contributed by atoms with Crippen molar-refractivity contribution in [1.29, 1.82) is 0 Å². The summed E-state index contributed by atoms with van der Waals surface area (Å²) in [6.07, 6.45) is 4.83. The first-order valence-corrected chi connectivity index (χ1v) is 8.29. The number of carbonyl (C=O) groups is 1. The molecule has 0 saturated heterocycles. The van der Waals surface area contributed by atoms with Gasteiger partial charge in [-0.3, -0.25) is 4.79 Å². The number of benzene rings is 1. The van der Waals surface area contributed by atoms with Crippen LogP contribution < -0.4 is 15.8 Å². The summed E-state index contributed by atoms with van der Waals surface area (Å²) in [5, 5.41) is 2.83. The minimum atomic E-state index is -0.442. The van der Waals surface area contributed by atoms with E-state index in [1.54, 1.807) is 18.2 Å². The molecule has 25 heavy (non-hydrogen) atoms. The Kier molecular flexibility index (Phi) is 5.23. The molecule has 1 aromatic heterocycles. The van der Waals surface area contributed by atoms with E-state index in [-0.39, 0.29) is 23.6 Å². The molecule has 2 unspecified atom stereocenters. The van der Waals surface area contributed by atoms with Crippen molar-refractivity contribution < 1.29 is 13.9 Å². The van der Waals surface area contributed by atoms with Gasteiger partial charge in [0.15, 0.2) is 11.6 Å². The zero-order chi connectivity index (χ0) is 17.8. The lowest BCUT2D eigenvalue weighted by Crippen LogP contribution is -2.34. The van der Waals surface area contributed by atoms with Gasteiger partial charge in [-0.1, -0.05) is 6.42 Å². The summed E-state index contributed by atoms with van der Waals surface area (Å²) in [6.45, 7) is 0. The number of ether oxygens (including phenoxy) is 1. The molecule has 0 aliphatic heterocycles. The Bertz CT molecular complexity index is 768. The van der Waals surface area contributed by atoms with Crippen molar-refractivity contribution in [2.45, 2.75) is 31.7 Å². The van der Waals surface area contributed by atoms with Crippen LogP contribution in [0.15, 0.2) is 30.6 Å². The molecular formula is C18H21FN4O2. The van der Waals surface area contributed by atoms with Crippen molar-refractivity contribution in [2.24, 2.45) is 11.7 Å². The van der Waals surface area contributed by atoms with Crippen LogP contribution in [0.5, 0.6) is 5.75 Å². The zero-order valence-corrected chi connectivity index (χ0v) is 14.0. The Morgan fingerprint density at radius 2 is 2.16 bits per heavy atom. The molecule has 1 aliphatic carbocycles. The number of halogens is 1. The van der Waals surface area contributed by atoms with Crippen molar-refractivity contribution in [1.82, 2.24) is 9.97 Å². The molecule has 7 heteroatoms. The fourth-order valence-electron chi connectivity index (χ4n) is 3.10. The molecule has 2 atom stereocenters. The van der Waals surface area contributed by atoms with Gasteiger partial charge in [-0.15, -0.1) is 0 Å². The highest BCUT2D eigenvalue weighted by molar-refractivity contribution is 5.92. The average molecular weight is 344 g/mol. The summed E-state index contributed by atoms with van der Waals surface area (Å²) in [7, 11) is 1.41. The van der Waals surface area contributed by atoms with Crippen LogP contribution in [0.4, 0.5) is 10.2 Å². The second-order valence-electron chi connectivity index (χ2n) is 6.25. The highest BCUT2D eigenvalue weighted by atomic mass is 19.1. The number of hydrogen-bond donors (Lipinski definition) is 2. The largest absolute Gasteiger partial charge is 0.494 e. The first-order valence-electron chi connectivity index (χ1n) is 8.29. The lowest BCUT2D eigenvalue weighted by molar-refractivity contribution is -0.120. The zero-order valence-electron chi connectivity index (χ0n) is 14.0. The van der Waals surface area contributed by atoms with Gasteiger partial charge < -0.3 is 15.8 Å². The van der Waals surface area contributed by atoms with E-state index in [9.17, 15) is 9.18 Å². The molecule has 0 radical (unpaired) electrons. The van der Waals surface area contributed by atoms with Crippen LogP contribution in [0.3, 0.4) is 0 Å². The van der Waals surface area contributed by atoms with Crippen molar-refractivity contribution in [3.05, 3.63) is 36.4 Å². The van der Waals surface area contributed by atoms with Crippen LogP contribution in [-0.2, 0) is 4.79 Å². The number of nitrogens with zero attached hydrogens (tertiary/aromatic N) is 2. The van der Waals surface area contributed by atoms with E-state index in [1.165, 1.54) is 19.5 Å². The molecule has 1 saturated carbocycles. The number of nitrogens with two attached hydrogens (primary N) is 1. The summed E-state index contributed by atoms with van der Waals surface area (Å²) in [5.74, 6) is -0.0534. The third-order valence-corrected chi connectivity index (χ3v) is 4.45. The van der Waals surface area contributed by atoms with Gasteiger partial charge in [0, 0.05) is 23.6 Å². The maximum Gasteiger partial charge on any atom is 0.228 e. The predicted molar refractivity (Wildman–Crippen MR) is 92.5 cm³/mol. The van der Waals surface area contributed by atoms with E-state index < -0.39 is 5.82 Å². The van der Waals surface area contributed by atoms with Crippen LogP contribution in [0.25, 0.3) is 11.3 Å². The second kappa shape index (κ2) is 7.57. The number of anilines is 1.